The van der Waals surface area contributed by atoms with E-state index in [1.54, 1.807) is 24.3 Å². The number of aliphatic carboxylic acids is 1. The van der Waals surface area contributed by atoms with Gasteiger partial charge in [-0.15, -0.1) is 0 Å². The van der Waals surface area contributed by atoms with Crippen LogP contribution in [0.3, 0.4) is 0 Å². The maximum absolute atomic E-state index is 11.9. The second-order valence-corrected chi connectivity index (χ2v) is 4.97. The molecule has 2 rings (SSSR count). The maximum Gasteiger partial charge on any atom is 0.305 e. The van der Waals surface area contributed by atoms with E-state index in [1.165, 1.54) is 0 Å². The SMILES string of the molecule is O=C(O)CCNC(=O)c1cccc(NC(=O)C2CCCO2)c1. The minimum Gasteiger partial charge on any atom is -0.481 e. The van der Waals surface area contributed by atoms with Crippen LogP contribution in [0.4, 0.5) is 5.69 Å². The summed E-state index contributed by atoms with van der Waals surface area (Å²) >= 11 is 0. The molecule has 1 aromatic rings. The monoisotopic (exact) mass is 306 g/mol. The molecule has 118 valence electrons. The van der Waals surface area contributed by atoms with Crippen molar-refractivity contribution in [2.75, 3.05) is 18.5 Å². The van der Waals surface area contributed by atoms with E-state index < -0.39 is 12.1 Å². The highest BCUT2D eigenvalue weighted by Gasteiger charge is 2.23. The quantitative estimate of drug-likeness (QED) is 0.727. The van der Waals surface area contributed by atoms with Gasteiger partial charge in [0.1, 0.15) is 6.10 Å². The van der Waals surface area contributed by atoms with Gasteiger partial charge in [-0.3, -0.25) is 14.4 Å². The van der Waals surface area contributed by atoms with E-state index in [0.717, 1.165) is 6.42 Å². The summed E-state index contributed by atoms with van der Waals surface area (Å²) in [5.41, 5.74) is 0.863. The van der Waals surface area contributed by atoms with Gasteiger partial charge in [-0.25, -0.2) is 0 Å². The average Bonchev–Trinajstić information content (AvgIpc) is 3.01. The van der Waals surface area contributed by atoms with Crippen LogP contribution >= 0.6 is 0 Å². The van der Waals surface area contributed by atoms with Gasteiger partial charge >= 0.3 is 5.97 Å². The summed E-state index contributed by atoms with van der Waals surface area (Å²) in [6.45, 7) is 0.644. The molecule has 7 nitrogen and oxygen atoms in total. The minimum atomic E-state index is -0.974. The molecule has 1 atom stereocenters. The van der Waals surface area contributed by atoms with Gasteiger partial charge in [-0.1, -0.05) is 6.07 Å². The zero-order chi connectivity index (χ0) is 15.9. The summed E-state index contributed by atoms with van der Waals surface area (Å²) < 4.78 is 5.29. The molecular weight excluding hydrogens is 288 g/mol. The first-order chi connectivity index (χ1) is 10.6. The third kappa shape index (κ3) is 4.56. The molecule has 0 aromatic heterocycles. The Labute approximate surface area is 127 Å². The highest BCUT2D eigenvalue weighted by Crippen LogP contribution is 2.16. The largest absolute Gasteiger partial charge is 0.481 e. The van der Waals surface area contributed by atoms with E-state index >= 15 is 0 Å². The Bertz CT molecular complexity index is 567. The molecule has 1 unspecified atom stereocenters. The van der Waals surface area contributed by atoms with Gasteiger partial charge in [-0.2, -0.15) is 0 Å². The molecule has 1 aliphatic rings. The van der Waals surface area contributed by atoms with Crippen molar-refractivity contribution < 1.29 is 24.2 Å². The molecule has 0 radical (unpaired) electrons. The number of carbonyl (C=O) groups excluding carboxylic acids is 2. The third-order valence-corrected chi connectivity index (χ3v) is 3.24. The zero-order valence-corrected chi connectivity index (χ0v) is 12.0. The molecule has 3 N–H and O–H groups in total. The van der Waals surface area contributed by atoms with Gasteiger partial charge in [0.05, 0.1) is 6.42 Å². The fourth-order valence-corrected chi connectivity index (χ4v) is 2.13. The first-order valence-corrected chi connectivity index (χ1v) is 7.09. The number of hydrogen-bond acceptors (Lipinski definition) is 4. The van der Waals surface area contributed by atoms with Crippen molar-refractivity contribution in [2.24, 2.45) is 0 Å². The van der Waals surface area contributed by atoms with Crippen molar-refractivity contribution >= 4 is 23.5 Å². The van der Waals surface area contributed by atoms with Crippen molar-refractivity contribution in [3.05, 3.63) is 29.8 Å². The van der Waals surface area contributed by atoms with E-state index in [4.69, 9.17) is 9.84 Å². The van der Waals surface area contributed by atoms with Gasteiger partial charge in [0.25, 0.3) is 11.8 Å². The van der Waals surface area contributed by atoms with E-state index in [1.807, 2.05) is 0 Å². The predicted octanol–water partition coefficient (Wildman–Crippen LogP) is 1.01. The van der Waals surface area contributed by atoms with E-state index in [0.29, 0.717) is 24.3 Å². The Hall–Kier alpha value is -2.41. The Morgan fingerprint density at radius 2 is 2.14 bits per heavy atom. The molecule has 0 aliphatic carbocycles. The number of hydrogen-bond donors (Lipinski definition) is 3. The Morgan fingerprint density at radius 3 is 2.82 bits per heavy atom. The van der Waals surface area contributed by atoms with Crippen molar-refractivity contribution in [3.63, 3.8) is 0 Å². The summed E-state index contributed by atoms with van der Waals surface area (Å²) in [6.07, 6.45) is 0.986. The van der Waals surface area contributed by atoms with E-state index in [-0.39, 0.29) is 24.8 Å². The molecule has 0 saturated carbocycles. The van der Waals surface area contributed by atoms with Crippen LogP contribution in [0.2, 0.25) is 0 Å². The van der Waals surface area contributed by atoms with Gasteiger partial charge in [-0.05, 0) is 31.0 Å². The molecule has 1 fully saturated rings. The zero-order valence-electron chi connectivity index (χ0n) is 12.0. The fourth-order valence-electron chi connectivity index (χ4n) is 2.13. The predicted molar refractivity (Wildman–Crippen MR) is 78.6 cm³/mol. The number of carboxylic acid groups (broad SMARTS) is 1. The standard InChI is InChI=1S/C15H18N2O5/c18-13(19)6-7-16-14(20)10-3-1-4-11(9-10)17-15(21)12-5-2-8-22-12/h1,3-4,9,12H,2,5-8H2,(H,16,20)(H,17,21)(H,18,19). The minimum absolute atomic E-state index is 0.0562. The molecule has 1 aliphatic heterocycles. The summed E-state index contributed by atoms with van der Waals surface area (Å²) in [6, 6.07) is 6.47. The number of nitrogens with one attached hydrogen (secondary N) is 2. The molecule has 7 heteroatoms. The molecule has 2 amide bonds. The second-order valence-electron chi connectivity index (χ2n) is 4.97. The van der Waals surface area contributed by atoms with Crippen LogP contribution in [0.15, 0.2) is 24.3 Å². The summed E-state index contributed by atoms with van der Waals surface area (Å²) in [5.74, 6) is -1.58. The number of anilines is 1. The van der Waals surface area contributed by atoms with Crippen LogP contribution in [-0.2, 0) is 14.3 Å². The maximum atomic E-state index is 11.9. The van der Waals surface area contributed by atoms with Gasteiger partial charge in [0.15, 0.2) is 0 Å². The second kappa shape index (κ2) is 7.56. The lowest BCUT2D eigenvalue weighted by molar-refractivity contribution is -0.136. The first-order valence-electron chi connectivity index (χ1n) is 7.09. The normalized spacial score (nSPS) is 17.0. The van der Waals surface area contributed by atoms with Crippen molar-refractivity contribution in [1.29, 1.82) is 0 Å². The van der Waals surface area contributed by atoms with E-state index in [9.17, 15) is 14.4 Å². The molecule has 1 aromatic carbocycles. The van der Waals surface area contributed by atoms with Crippen LogP contribution in [-0.4, -0.2) is 42.1 Å². The van der Waals surface area contributed by atoms with Crippen molar-refractivity contribution in [3.8, 4) is 0 Å². The highest BCUT2D eigenvalue weighted by molar-refractivity contribution is 5.98. The summed E-state index contributed by atoms with van der Waals surface area (Å²) in [4.78, 5) is 34.2. The van der Waals surface area contributed by atoms with Crippen LogP contribution in [0.25, 0.3) is 0 Å². The molecule has 0 bridgehead atoms. The lowest BCUT2D eigenvalue weighted by Gasteiger charge is -2.11. The van der Waals surface area contributed by atoms with Crippen LogP contribution in [0.1, 0.15) is 29.6 Å². The fraction of sp³-hybridized carbons (Fsp3) is 0.400. The molecular formula is C15H18N2O5. The number of amides is 2. The number of carbonyl (C=O) groups is 3. The summed E-state index contributed by atoms with van der Waals surface area (Å²) in [7, 11) is 0. The Balaban J connectivity index is 1.92. The number of carboxylic acids is 1. The van der Waals surface area contributed by atoms with Crippen LogP contribution in [0, 0.1) is 0 Å². The van der Waals surface area contributed by atoms with Gasteiger partial charge in [0.2, 0.25) is 0 Å². The smallest absolute Gasteiger partial charge is 0.305 e. The molecule has 1 saturated heterocycles. The number of benzene rings is 1. The molecule has 22 heavy (non-hydrogen) atoms. The van der Waals surface area contributed by atoms with Crippen LogP contribution in [0.5, 0.6) is 0 Å². The lowest BCUT2D eigenvalue weighted by atomic mass is 10.1. The van der Waals surface area contributed by atoms with Crippen molar-refractivity contribution in [2.45, 2.75) is 25.4 Å². The average molecular weight is 306 g/mol. The Kier molecular flexibility index (Phi) is 5.48. The van der Waals surface area contributed by atoms with Gasteiger partial charge in [0, 0.05) is 24.4 Å². The van der Waals surface area contributed by atoms with Crippen LogP contribution < -0.4 is 10.6 Å². The topological polar surface area (TPSA) is 105 Å². The molecule has 0 spiro atoms. The highest BCUT2D eigenvalue weighted by atomic mass is 16.5. The number of rotatable bonds is 6. The summed E-state index contributed by atoms with van der Waals surface area (Å²) in [5, 5.41) is 13.8. The molecule has 1 heterocycles. The number of ether oxygens (including phenoxy) is 1. The van der Waals surface area contributed by atoms with Crippen molar-refractivity contribution in [1.82, 2.24) is 5.32 Å². The Morgan fingerprint density at radius 1 is 1.32 bits per heavy atom. The third-order valence-electron chi connectivity index (χ3n) is 3.24. The van der Waals surface area contributed by atoms with Gasteiger partial charge < -0.3 is 20.5 Å². The lowest BCUT2D eigenvalue weighted by Crippen LogP contribution is -2.28. The van der Waals surface area contributed by atoms with E-state index in [2.05, 4.69) is 10.6 Å². The first kappa shape index (κ1) is 16.0.